The Morgan fingerprint density at radius 1 is 0.864 bits per heavy atom. The van der Waals surface area contributed by atoms with E-state index in [0.29, 0.717) is 17.9 Å². The Kier molecular flexibility index (Phi) is 7.76. The summed E-state index contributed by atoms with van der Waals surface area (Å²) in [6, 6.07) is 15.8. The van der Waals surface area contributed by atoms with Crippen LogP contribution >= 0.6 is 0 Å². The third kappa shape index (κ3) is 6.05. The molecule has 2 aromatic rings. The molecule has 0 aliphatic carbocycles. The Balaban J connectivity index is 0.000000235. The SMILES string of the molecule is NCC(N)c1ccc(N=C=O)cc1.O=C=Nc1ccccc1. The number of hydrogen-bond acceptors (Lipinski definition) is 6. The molecule has 1 unspecified atom stereocenters. The van der Waals surface area contributed by atoms with Gasteiger partial charge < -0.3 is 11.5 Å². The number of hydrogen-bond donors (Lipinski definition) is 2. The molecule has 6 nitrogen and oxygen atoms in total. The fourth-order valence-electron chi connectivity index (χ4n) is 1.54. The van der Waals surface area contributed by atoms with Gasteiger partial charge in [0.05, 0.1) is 11.4 Å². The van der Waals surface area contributed by atoms with E-state index < -0.39 is 0 Å². The first-order valence-electron chi connectivity index (χ1n) is 6.47. The monoisotopic (exact) mass is 296 g/mol. The Bertz CT molecular complexity index is 658. The van der Waals surface area contributed by atoms with Gasteiger partial charge in [-0.15, -0.1) is 0 Å². The van der Waals surface area contributed by atoms with Crippen molar-refractivity contribution in [2.24, 2.45) is 21.5 Å². The summed E-state index contributed by atoms with van der Waals surface area (Å²) in [6.45, 7) is 0.399. The lowest BCUT2D eigenvalue weighted by atomic mass is 10.1. The Morgan fingerprint density at radius 2 is 1.36 bits per heavy atom. The summed E-state index contributed by atoms with van der Waals surface area (Å²) in [7, 11) is 0. The molecular weight excluding hydrogens is 280 g/mol. The molecule has 0 aromatic heterocycles. The first-order valence-corrected chi connectivity index (χ1v) is 6.47. The Labute approximate surface area is 128 Å². The molecule has 0 aliphatic heterocycles. The maximum atomic E-state index is 9.91. The van der Waals surface area contributed by atoms with Crippen LogP contribution in [0.5, 0.6) is 0 Å². The van der Waals surface area contributed by atoms with Crippen LogP contribution in [-0.4, -0.2) is 18.7 Å². The number of rotatable bonds is 4. The van der Waals surface area contributed by atoms with Crippen molar-refractivity contribution in [2.75, 3.05) is 6.54 Å². The number of para-hydroxylation sites is 1. The van der Waals surface area contributed by atoms with E-state index in [1.54, 1.807) is 36.4 Å². The smallest absolute Gasteiger partial charge is 0.240 e. The van der Waals surface area contributed by atoms with Crippen LogP contribution in [0.25, 0.3) is 0 Å². The quantitative estimate of drug-likeness (QED) is 0.665. The van der Waals surface area contributed by atoms with Gasteiger partial charge in [-0.3, -0.25) is 0 Å². The molecular formula is C16H16N4O2. The van der Waals surface area contributed by atoms with Crippen LogP contribution in [-0.2, 0) is 9.59 Å². The van der Waals surface area contributed by atoms with Gasteiger partial charge >= 0.3 is 0 Å². The second-order valence-electron chi connectivity index (χ2n) is 4.18. The van der Waals surface area contributed by atoms with Gasteiger partial charge in [0.1, 0.15) is 0 Å². The van der Waals surface area contributed by atoms with Crippen molar-refractivity contribution in [1.82, 2.24) is 0 Å². The van der Waals surface area contributed by atoms with Crippen LogP contribution in [0.4, 0.5) is 11.4 Å². The Hall–Kier alpha value is -2.88. The molecule has 0 saturated carbocycles. The van der Waals surface area contributed by atoms with Gasteiger partial charge in [-0.25, -0.2) is 9.59 Å². The minimum Gasteiger partial charge on any atom is -0.329 e. The molecule has 6 heteroatoms. The third-order valence-corrected chi connectivity index (χ3v) is 2.68. The number of benzene rings is 2. The molecule has 0 saturated heterocycles. The molecule has 0 heterocycles. The predicted octanol–water partition coefficient (Wildman–Crippen LogP) is 2.27. The molecule has 1 atom stereocenters. The van der Waals surface area contributed by atoms with Crippen molar-refractivity contribution in [3.05, 3.63) is 60.2 Å². The maximum Gasteiger partial charge on any atom is 0.240 e. The predicted molar refractivity (Wildman–Crippen MR) is 84.4 cm³/mol. The second kappa shape index (κ2) is 9.94. The minimum atomic E-state index is -0.158. The lowest BCUT2D eigenvalue weighted by Gasteiger charge is -2.07. The lowest BCUT2D eigenvalue weighted by molar-refractivity contribution is 0.564. The van der Waals surface area contributed by atoms with Crippen LogP contribution in [0.3, 0.4) is 0 Å². The highest BCUT2D eigenvalue weighted by molar-refractivity contribution is 5.49. The van der Waals surface area contributed by atoms with E-state index in [4.69, 9.17) is 11.5 Å². The van der Waals surface area contributed by atoms with Crippen LogP contribution < -0.4 is 11.5 Å². The van der Waals surface area contributed by atoms with Crippen LogP contribution in [0, 0.1) is 0 Å². The van der Waals surface area contributed by atoms with Gasteiger partial charge in [-0.1, -0.05) is 30.3 Å². The lowest BCUT2D eigenvalue weighted by Crippen LogP contribution is -2.20. The highest BCUT2D eigenvalue weighted by atomic mass is 16.1. The average Bonchev–Trinajstić information content (AvgIpc) is 2.57. The fraction of sp³-hybridized carbons (Fsp3) is 0.125. The van der Waals surface area contributed by atoms with Crippen molar-refractivity contribution in [2.45, 2.75) is 6.04 Å². The van der Waals surface area contributed by atoms with E-state index in [-0.39, 0.29) is 6.04 Å². The first kappa shape index (κ1) is 17.2. The van der Waals surface area contributed by atoms with Crippen molar-refractivity contribution in [1.29, 1.82) is 0 Å². The topological polar surface area (TPSA) is 111 Å². The van der Waals surface area contributed by atoms with Gasteiger partial charge in [0.2, 0.25) is 12.2 Å². The molecule has 0 bridgehead atoms. The van der Waals surface area contributed by atoms with E-state index in [1.165, 1.54) is 12.2 Å². The minimum absolute atomic E-state index is 0.158. The average molecular weight is 296 g/mol. The van der Waals surface area contributed by atoms with E-state index in [1.807, 2.05) is 18.2 Å². The third-order valence-electron chi connectivity index (χ3n) is 2.68. The van der Waals surface area contributed by atoms with Crippen molar-refractivity contribution >= 4 is 23.5 Å². The molecule has 2 rings (SSSR count). The van der Waals surface area contributed by atoms with Crippen molar-refractivity contribution in [3.8, 4) is 0 Å². The summed E-state index contributed by atoms with van der Waals surface area (Å²) in [5, 5.41) is 0. The van der Waals surface area contributed by atoms with E-state index in [9.17, 15) is 9.59 Å². The number of aliphatic imine (C=N–C) groups is 2. The van der Waals surface area contributed by atoms with E-state index in [2.05, 4.69) is 9.98 Å². The zero-order chi connectivity index (χ0) is 16.2. The van der Waals surface area contributed by atoms with Crippen LogP contribution in [0.1, 0.15) is 11.6 Å². The largest absolute Gasteiger partial charge is 0.329 e. The Morgan fingerprint density at radius 3 is 1.82 bits per heavy atom. The summed E-state index contributed by atoms with van der Waals surface area (Å²) < 4.78 is 0. The molecule has 0 fully saturated rings. The highest BCUT2D eigenvalue weighted by Gasteiger charge is 2.01. The number of isocyanates is 2. The fourth-order valence-corrected chi connectivity index (χ4v) is 1.54. The molecule has 2 aromatic carbocycles. The van der Waals surface area contributed by atoms with Gasteiger partial charge in [-0.05, 0) is 29.8 Å². The summed E-state index contributed by atoms with van der Waals surface area (Å²) in [5.41, 5.74) is 13.2. The van der Waals surface area contributed by atoms with Crippen LogP contribution in [0.15, 0.2) is 64.6 Å². The maximum absolute atomic E-state index is 9.91. The van der Waals surface area contributed by atoms with Gasteiger partial charge in [0.15, 0.2) is 0 Å². The molecule has 0 aliphatic rings. The summed E-state index contributed by atoms with van der Waals surface area (Å²) >= 11 is 0. The second-order valence-corrected chi connectivity index (χ2v) is 4.18. The summed E-state index contributed by atoms with van der Waals surface area (Å²) in [6.07, 6.45) is 2.92. The number of nitrogens with two attached hydrogens (primary N) is 2. The van der Waals surface area contributed by atoms with Gasteiger partial charge in [0, 0.05) is 12.6 Å². The van der Waals surface area contributed by atoms with Gasteiger partial charge in [-0.2, -0.15) is 9.98 Å². The molecule has 112 valence electrons. The first-order chi connectivity index (χ1) is 10.7. The number of carbonyl (C=O) groups excluding carboxylic acids is 2. The number of nitrogens with zero attached hydrogens (tertiary/aromatic N) is 2. The van der Waals surface area contributed by atoms with Crippen molar-refractivity contribution in [3.63, 3.8) is 0 Å². The summed E-state index contributed by atoms with van der Waals surface area (Å²) in [4.78, 5) is 26.5. The summed E-state index contributed by atoms with van der Waals surface area (Å²) in [5.74, 6) is 0. The van der Waals surface area contributed by atoms with E-state index in [0.717, 1.165) is 5.56 Å². The molecule has 4 N–H and O–H groups in total. The molecule has 22 heavy (non-hydrogen) atoms. The standard InChI is InChI=1S/C9H11N3O.C7H5NO/c10-5-9(11)7-1-3-8(4-2-7)12-6-13;9-6-8-7-4-2-1-3-5-7/h1-4,9H,5,10-11H2;1-5H. The molecule has 0 radical (unpaired) electrons. The van der Waals surface area contributed by atoms with Crippen molar-refractivity contribution < 1.29 is 9.59 Å². The molecule has 0 spiro atoms. The normalized spacial score (nSPS) is 10.3. The zero-order valence-corrected chi connectivity index (χ0v) is 11.8. The zero-order valence-electron chi connectivity index (χ0n) is 11.8. The molecule has 0 amide bonds. The van der Waals surface area contributed by atoms with E-state index >= 15 is 0 Å². The van der Waals surface area contributed by atoms with Crippen LogP contribution in [0.2, 0.25) is 0 Å². The highest BCUT2D eigenvalue weighted by Crippen LogP contribution is 2.15. The van der Waals surface area contributed by atoms with Gasteiger partial charge in [0.25, 0.3) is 0 Å².